The fourth-order valence-corrected chi connectivity index (χ4v) is 1.92. The molecule has 1 aromatic carbocycles. The average molecular weight is 208 g/mol. The highest BCUT2D eigenvalue weighted by Crippen LogP contribution is 2.16. The second kappa shape index (κ2) is 3.26. The van der Waals surface area contributed by atoms with Crippen molar-refractivity contribution in [1.29, 1.82) is 0 Å². The van der Waals surface area contributed by atoms with Crippen molar-refractivity contribution in [2.75, 3.05) is 4.72 Å². The normalized spacial score (nSPS) is 20.0. The Morgan fingerprint density at radius 3 is 2.86 bits per heavy atom. The van der Waals surface area contributed by atoms with Crippen molar-refractivity contribution in [2.24, 2.45) is 4.99 Å². The van der Waals surface area contributed by atoms with Gasteiger partial charge in [0.05, 0.1) is 11.1 Å². The van der Waals surface area contributed by atoms with Crippen molar-refractivity contribution in [2.45, 2.75) is 0 Å². The number of para-hydroxylation sites is 1. The molecule has 2 rings (SSSR count). The van der Waals surface area contributed by atoms with Crippen molar-refractivity contribution in [3.05, 3.63) is 41.4 Å². The molecule has 1 aliphatic rings. The number of anilines is 1. The first kappa shape index (κ1) is 8.96. The SMILES string of the molecule is O=S1(=O)/C=C\N=Cc2ccccc2N1. The first-order chi connectivity index (χ1) is 6.67. The Hall–Kier alpha value is -1.62. The van der Waals surface area contributed by atoms with Crippen LogP contribution >= 0.6 is 0 Å². The fraction of sp³-hybridized carbons (Fsp3) is 0. The zero-order valence-electron chi connectivity index (χ0n) is 7.21. The largest absolute Gasteiger partial charge is 0.279 e. The minimum Gasteiger partial charge on any atom is -0.279 e. The molecule has 0 amide bonds. The summed E-state index contributed by atoms with van der Waals surface area (Å²) in [6.45, 7) is 0. The van der Waals surface area contributed by atoms with Gasteiger partial charge in [0.25, 0.3) is 10.0 Å². The average Bonchev–Trinajstić information content (AvgIpc) is 2.11. The van der Waals surface area contributed by atoms with Gasteiger partial charge in [0.1, 0.15) is 0 Å². The van der Waals surface area contributed by atoms with E-state index in [0.29, 0.717) is 5.69 Å². The van der Waals surface area contributed by atoms with Gasteiger partial charge in [-0.2, -0.15) is 0 Å². The first-order valence-electron chi connectivity index (χ1n) is 3.99. The van der Waals surface area contributed by atoms with Crippen molar-refractivity contribution < 1.29 is 8.42 Å². The molecule has 1 aliphatic heterocycles. The van der Waals surface area contributed by atoms with Crippen molar-refractivity contribution >= 4 is 21.9 Å². The summed E-state index contributed by atoms with van der Waals surface area (Å²) in [6, 6.07) is 7.07. The molecule has 0 atom stereocenters. The number of nitrogens with one attached hydrogen (secondary N) is 1. The van der Waals surface area contributed by atoms with E-state index in [4.69, 9.17) is 0 Å². The predicted octanol–water partition coefficient (Wildman–Crippen LogP) is 1.33. The number of rotatable bonds is 0. The summed E-state index contributed by atoms with van der Waals surface area (Å²) < 4.78 is 25.1. The van der Waals surface area contributed by atoms with Crippen LogP contribution in [0.3, 0.4) is 0 Å². The van der Waals surface area contributed by atoms with Gasteiger partial charge < -0.3 is 0 Å². The molecule has 4 nitrogen and oxygen atoms in total. The molecule has 0 saturated carbocycles. The number of aliphatic imine (C=N–C) groups is 1. The minimum atomic E-state index is -3.40. The monoisotopic (exact) mass is 208 g/mol. The smallest absolute Gasteiger partial charge is 0.256 e. The lowest BCUT2D eigenvalue weighted by molar-refractivity contribution is 0.609. The minimum absolute atomic E-state index is 0.542. The molecular formula is C9H8N2O2S. The zero-order valence-corrected chi connectivity index (χ0v) is 8.03. The maximum absolute atomic E-state index is 11.3. The maximum Gasteiger partial charge on any atom is 0.256 e. The third-order valence-electron chi connectivity index (χ3n) is 1.75. The van der Waals surface area contributed by atoms with Gasteiger partial charge in [-0.05, 0) is 6.07 Å². The van der Waals surface area contributed by atoms with E-state index in [1.807, 2.05) is 6.07 Å². The Morgan fingerprint density at radius 2 is 2.00 bits per heavy atom. The topological polar surface area (TPSA) is 58.5 Å². The number of nitrogens with zero attached hydrogens (tertiary/aromatic N) is 1. The van der Waals surface area contributed by atoms with E-state index in [2.05, 4.69) is 9.71 Å². The van der Waals surface area contributed by atoms with Crippen LogP contribution < -0.4 is 4.72 Å². The molecule has 0 saturated heterocycles. The van der Waals surface area contributed by atoms with Crippen molar-refractivity contribution in [3.8, 4) is 0 Å². The second-order valence-corrected chi connectivity index (χ2v) is 4.36. The van der Waals surface area contributed by atoms with Crippen LogP contribution in [0, 0.1) is 0 Å². The quantitative estimate of drug-likeness (QED) is 0.699. The number of fused-ring (bicyclic) bond motifs is 1. The van der Waals surface area contributed by atoms with Crippen LogP contribution in [0.5, 0.6) is 0 Å². The van der Waals surface area contributed by atoms with Gasteiger partial charge in [-0.3, -0.25) is 9.71 Å². The Morgan fingerprint density at radius 1 is 1.21 bits per heavy atom. The van der Waals surface area contributed by atoms with Crippen LogP contribution in [-0.4, -0.2) is 14.6 Å². The molecule has 72 valence electrons. The Bertz CT molecular complexity index is 503. The number of sulfonamides is 1. The van der Waals surface area contributed by atoms with Gasteiger partial charge in [-0.15, -0.1) is 0 Å². The zero-order chi connectivity index (χ0) is 10.0. The number of hydrogen-bond acceptors (Lipinski definition) is 3. The van der Waals surface area contributed by atoms with E-state index >= 15 is 0 Å². The van der Waals surface area contributed by atoms with Gasteiger partial charge in [0.15, 0.2) is 0 Å². The highest BCUT2D eigenvalue weighted by Gasteiger charge is 2.09. The summed E-state index contributed by atoms with van der Waals surface area (Å²) in [5.41, 5.74) is 1.29. The van der Waals surface area contributed by atoms with E-state index < -0.39 is 10.0 Å². The second-order valence-electron chi connectivity index (χ2n) is 2.80. The van der Waals surface area contributed by atoms with E-state index in [0.717, 1.165) is 11.0 Å². The molecule has 0 bridgehead atoms. The Balaban J connectivity index is 2.58. The molecule has 0 spiro atoms. The highest BCUT2D eigenvalue weighted by atomic mass is 32.2. The molecule has 1 N–H and O–H groups in total. The molecule has 0 aliphatic carbocycles. The third kappa shape index (κ3) is 1.82. The van der Waals surface area contributed by atoms with E-state index in [9.17, 15) is 8.42 Å². The van der Waals surface area contributed by atoms with Crippen molar-refractivity contribution in [1.82, 2.24) is 0 Å². The van der Waals surface area contributed by atoms with Gasteiger partial charge >= 0.3 is 0 Å². The van der Waals surface area contributed by atoms with Gasteiger partial charge in [0.2, 0.25) is 0 Å². The molecule has 0 radical (unpaired) electrons. The van der Waals surface area contributed by atoms with Crippen LogP contribution in [0.2, 0.25) is 0 Å². The molecular weight excluding hydrogens is 200 g/mol. The van der Waals surface area contributed by atoms with Gasteiger partial charge in [-0.25, -0.2) is 8.42 Å². The van der Waals surface area contributed by atoms with Crippen LogP contribution in [0.4, 0.5) is 5.69 Å². The summed E-state index contributed by atoms with van der Waals surface area (Å²) in [7, 11) is -3.40. The molecule has 0 aromatic heterocycles. The predicted molar refractivity (Wildman–Crippen MR) is 55.7 cm³/mol. The summed E-state index contributed by atoms with van der Waals surface area (Å²) in [5, 5.41) is 1.03. The lowest BCUT2D eigenvalue weighted by atomic mass is 10.2. The summed E-state index contributed by atoms with van der Waals surface area (Å²) >= 11 is 0. The molecule has 5 heteroatoms. The standard InChI is InChI=1S/C9H8N2O2S/c12-14(13)6-5-10-7-8-3-1-2-4-9(8)11-14/h1-7,11H/b6-5-,10-7?. The lowest BCUT2D eigenvalue weighted by Gasteiger charge is -2.08. The van der Waals surface area contributed by atoms with Crippen LogP contribution in [0.25, 0.3) is 0 Å². The van der Waals surface area contributed by atoms with Crippen LogP contribution in [-0.2, 0) is 10.0 Å². The first-order valence-corrected chi connectivity index (χ1v) is 5.54. The van der Waals surface area contributed by atoms with Crippen LogP contribution in [0.15, 0.2) is 40.9 Å². The number of hydrogen-bond donors (Lipinski definition) is 1. The Labute approximate surface area is 82.0 Å². The molecule has 14 heavy (non-hydrogen) atoms. The number of benzene rings is 1. The maximum atomic E-state index is 11.3. The fourth-order valence-electron chi connectivity index (χ4n) is 1.13. The summed E-state index contributed by atoms with van der Waals surface area (Å²) in [6.07, 6.45) is 2.85. The van der Waals surface area contributed by atoms with E-state index in [-0.39, 0.29) is 0 Å². The molecule has 0 unspecified atom stereocenters. The summed E-state index contributed by atoms with van der Waals surface area (Å²) in [5.74, 6) is 0. The van der Waals surface area contributed by atoms with Gasteiger partial charge in [0, 0.05) is 18.0 Å². The molecule has 1 aromatic rings. The van der Waals surface area contributed by atoms with Crippen LogP contribution in [0.1, 0.15) is 5.56 Å². The van der Waals surface area contributed by atoms with Gasteiger partial charge in [-0.1, -0.05) is 18.2 Å². The van der Waals surface area contributed by atoms with Crippen molar-refractivity contribution in [3.63, 3.8) is 0 Å². The highest BCUT2D eigenvalue weighted by molar-refractivity contribution is 7.95. The third-order valence-corrected chi connectivity index (χ3v) is 2.74. The Kier molecular flexibility index (Phi) is 2.09. The molecule has 0 fully saturated rings. The summed E-state index contributed by atoms with van der Waals surface area (Å²) in [4.78, 5) is 3.84. The lowest BCUT2D eigenvalue weighted by Crippen LogP contribution is -2.11. The van der Waals surface area contributed by atoms with E-state index in [1.165, 1.54) is 6.20 Å². The van der Waals surface area contributed by atoms with E-state index in [1.54, 1.807) is 24.4 Å². The molecule has 1 heterocycles.